The van der Waals surface area contributed by atoms with Crippen molar-refractivity contribution in [3.8, 4) is 5.75 Å². The van der Waals surface area contributed by atoms with Crippen molar-refractivity contribution in [2.45, 2.75) is 26.2 Å². The van der Waals surface area contributed by atoms with E-state index in [-0.39, 0.29) is 6.61 Å². The number of benzene rings is 1. The van der Waals surface area contributed by atoms with Crippen LogP contribution in [0.25, 0.3) is 0 Å². The lowest BCUT2D eigenvalue weighted by Gasteiger charge is -2.06. The summed E-state index contributed by atoms with van der Waals surface area (Å²) in [6.07, 6.45) is 2.76. The number of hydrogen-bond acceptors (Lipinski definition) is 2. The van der Waals surface area contributed by atoms with Crippen LogP contribution in [0, 0.1) is 0 Å². The van der Waals surface area contributed by atoms with E-state index in [4.69, 9.17) is 9.84 Å². The Morgan fingerprint density at radius 1 is 1.36 bits per heavy atom. The summed E-state index contributed by atoms with van der Waals surface area (Å²) in [5.74, 6) is 0.933. The number of hydrogen-bond donors (Lipinski definition) is 1. The number of ether oxygens (including phenoxy) is 1. The molecular formula is C12H18O2. The number of aliphatic hydroxyl groups excluding tert-OH is 1. The van der Waals surface area contributed by atoms with Gasteiger partial charge in [0.25, 0.3) is 0 Å². The van der Waals surface area contributed by atoms with Gasteiger partial charge in [-0.3, -0.25) is 0 Å². The summed E-state index contributed by atoms with van der Waals surface area (Å²) in [5, 5.41) is 8.71. The van der Waals surface area contributed by atoms with Crippen molar-refractivity contribution in [1.29, 1.82) is 0 Å². The molecule has 0 amide bonds. The fraction of sp³-hybridized carbons (Fsp3) is 0.500. The molecule has 0 heterocycles. The van der Waals surface area contributed by atoms with E-state index in [0.717, 1.165) is 31.6 Å². The van der Waals surface area contributed by atoms with Gasteiger partial charge in [0.15, 0.2) is 0 Å². The van der Waals surface area contributed by atoms with Gasteiger partial charge in [0.2, 0.25) is 0 Å². The lowest BCUT2D eigenvalue weighted by atomic mass is 10.1. The first-order valence-electron chi connectivity index (χ1n) is 5.19. The first-order valence-corrected chi connectivity index (χ1v) is 5.19. The molecule has 0 radical (unpaired) electrons. The molecule has 0 bridgehead atoms. The Balaban J connectivity index is 2.50. The van der Waals surface area contributed by atoms with Crippen molar-refractivity contribution in [1.82, 2.24) is 0 Å². The van der Waals surface area contributed by atoms with E-state index >= 15 is 0 Å². The van der Waals surface area contributed by atoms with Crippen molar-refractivity contribution in [2.24, 2.45) is 0 Å². The van der Waals surface area contributed by atoms with Crippen LogP contribution in [0.5, 0.6) is 5.75 Å². The topological polar surface area (TPSA) is 29.5 Å². The molecule has 1 aromatic rings. The molecule has 0 saturated carbocycles. The van der Waals surface area contributed by atoms with E-state index in [1.165, 1.54) is 5.56 Å². The zero-order valence-corrected chi connectivity index (χ0v) is 8.70. The van der Waals surface area contributed by atoms with Gasteiger partial charge < -0.3 is 9.84 Å². The second-order valence-electron chi connectivity index (χ2n) is 3.32. The molecule has 0 fully saturated rings. The third kappa shape index (κ3) is 3.79. The Hall–Kier alpha value is -1.02. The summed E-state index contributed by atoms with van der Waals surface area (Å²) < 4.78 is 5.51. The molecule has 0 aliphatic heterocycles. The van der Waals surface area contributed by atoms with Gasteiger partial charge in [-0.15, -0.1) is 0 Å². The van der Waals surface area contributed by atoms with Gasteiger partial charge in [-0.1, -0.05) is 19.1 Å². The summed E-state index contributed by atoms with van der Waals surface area (Å²) >= 11 is 0. The van der Waals surface area contributed by atoms with Crippen LogP contribution in [0.15, 0.2) is 24.3 Å². The molecule has 0 unspecified atom stereocenters. The first kappa shape index (κ1) is 11.1. The highest BCUT2D eigenvalue weighted by Crippen LogP contribution is 2.14. The molecule has 1 rings (SSSR count). The van der Waals surface area contributed by atoms with Gasteiger partial charge in [0.05, 0.1) is 6.61 Å². The molecule has 0 aromatic heterocycles. The summed E-state index contributed by atoms with van der Waals surface area (Å²) in [6.45, 7) is 3.11. The summed E-state index contributed by atoms with van der Waals surface area (Å²) in [5.41, 5.74) is 1.23. The summed E-state index contributed by atoms with van der Waals surface area (Å²) in [4.78, 5) is 0. The molecule has 2 heteroatoms. The van der Waals surface area contributed by atoms with E-state index in [0.29, 0.717) is 0 Å². The minimum Gasteiger partial charge on any atom is -0.494 e. The normalized spacial score (nSPS) is 10.1. The summed E-state index contributed by atoms with van der Waals surface area (Å²) in [7, 11) is 0. The highest BCUT2D eigenvalue weighted by atomic mass is 16.5. The maximum Gasteiger partial charge on any atom is 0.119 e. The van der Waals surface area contributed by atoms with Crippen LogP contribution in [-0.4, -0.2) is 18.3 Å². The molecule has 14 heavy (non-hydrogen) atoms. The number of aryl methyl sites for hydroxylation is 1. The number of aliphatic hydroxyl groups is 1. The van der Waals surface area contributed by atoms with Crippen LogP contribution < -0.4 is 4.74 Å². The highest BCUT2D eigenvalue weighted by Gasteiger charge is 1.96. The van der Waals surface area contributed by atoms with Gasteiger partial charge in [-0.25, -0.2) is 0 Å². The summed E-state index contributed by atoms with van der Waals surface area (Å²) in [6, 6.07) is 8.08. The van der Waals surface area contributed by atoms with Gasteiger partial charge >= 0.3 is 0 Å². The monoisotopic (exact) mass is 194 g/mol. The SMILES string of the molecule is CCCOc1cccc(CCCO)c1. The average molecular weight is 194 g/mol. The lowest BCUT2D eigenvalue weighted by Crippen LogP contribution is -1.96. The Bertz CT molecular complexity index is 235. The number of rotatable bonds is 6. The van der Waals surface area contributed by atoms with Crippen LogP contribution in [0.3, 0.4) is 0 Å². The Kier molecular flexibility index (Phi) is 5.08. The molecule has 2 nitrogen and oxygen atoms in total. The van der Waals surface area contributed by atoms with Crippen molar-refractivity contribution < 1.29 is 9.84 Å². The largest absolute Gasteiger partial charge is 0.494 e. The van der Waals surface area contributed by atoms with Crippen LogP contribution in [0.4, 0.5) is 0 Å². The third-order valence-electron chi connectivity index (χ3n) is 1.99. The van der Waals surface area contributed by atoms with Crippen molar-refractivity contribution in [2.75, 3.05) is 13.2 Å². The molecule has 1 N–H and O–H groups in total. The third-order valence-corrected chi connectivity index (χ3v) is 1.99. The predicted octanol–water partition coefficient (Wildman–Crippen LogP) is 2.40. The lowest BCUT2D eigenvalue weighted by molar-refractivity contribution is 0.288. The van der Waals surface area contributed by atoms with E-state index in [9.17, 15) is 0 Å². The molecule has 0 aliphatic rings. The molecule has 0 spiro atoms. The van der Waals surface area contributed by atoms with Gasteiger partial charge in [-0.05, 0) is 37.0 Å². The molecule has 1 aromatic carbocycles. The molecule has 0 aliphatic carbocycles. The molecule has 0 saturated heterocycles. The minimum atomic E-state index is 0.250. The predicted molar refractivity (Wildman–Crippen MR) is 57.6 cm³/mol. The molecule has 78 valence electrons. The fourth-order valence-corrected chi connectivity index (χ4v) is 1.29. The van der Waals surface area contributed by atoms with E-state index in [1.54, 1.807) is 0 Å². The zero-order chi connectivity index (χ0) is 10.2. The van der Waals surface area contributed by atoms with Gasteiger partial charge in [0, 0.05) is 6.61 Å². The first-order chi connectivity index (χ1) is 6.86. The zero-order valence-electron chi connectivity index (χ0n) is 8.70. The Labute approximate surface area is 85.5 Å². The molecule has 0 atom stereocenters. The van der Waals surface area contributed by atoms with Gasteiger partial charge in [0.1, 0.15) is 5.75 Å². The van der Waals surface area contributed by atoms with Crippen molar-refractivity contribution in [3.05, 3.63) is 29.8 Å². The average Bonchev–Trinajstić information content (AvgIpc) is 2.24. The van der Waals surface area contributed by atoms with Crippen LogP contribution in [0.2, 0.25) is 0 Å². The van der Waals surface area contributed by atoms with Gasteiger partial charge in [-0.2, -0.15) is 0 Å². The van der Waals surface area contributed by atoms with Crippen LogP contribution in [-0.2, 0) is 6.42 Å². The second-order valence-corrected chi connectivity index (χ2v) is 3.32. The Morgan fingerprint density at radius 2 is 2.21 bits per heavy atom. The van der Waals surface area contributed by atoms with E-state index in [1.807, 2.05) is 18.2 Å². The van der Waals surface area contributed by atoms with Crippen molar-refractivity contribution in [3.63, 3.8) is 0 Å². The maximum absolute atomic E-state index is 8.71. The van der Waals surface area contributed by atoms with Crippen LogP contribution >= 0.6 is 0 Å². The van der Waals surface area contributed by atoms with E-state index < -0.39 is 0 Å². The smallest absolute Gasteiger partial charge is 0.119 e. The Morgan fingerprint density at radius 3 is 2.93 bits per heavy atom. The second kappa shape index (κ2) is 6.44. The quantitative estimate of drug-likeness (QED) is 0.753. The van der Waals surface area contributed by atoms with E-state index in [2.05, 4.69) is 13.0 Å². The standard InChI is InChI=1S/C12H18O2/c1-2-9-14-12-7-3-5-11(10-12)6-4-8-13/h3,5,7,10,13H,2,4,6,8-9H2,1H3. The minimum absolute atomic E-state index is 0.250. The fourth-order valence-electron chi connectivity index (χ4n) is 1.29. The molecular weight excluding hydrogens is 176 g/mol. The highest BCUT2D eigenvalue weighted by molar-refractivity contribution is 5.28. The van der Waals surface area contributed by atoms with Crippen molar-refractivity contribution >= 4 is 0 Å². The van der Waals surface area contributed by atoms with Crippen LogP contribution in [0.1, 0.15) is 25.3 Å². The maximum atomic E-state index is 8.71.